The molecule has 0 aromatic heterocycles. The van der Waals surface area contributed by atoms with Gasteiger partial charge in [0.25, 0.3) is 5.91 Å². The fraction of sp³-hybridized carbons (Fsp3) is 0.333. The van der Waals surface area contributed by atoms with Gasteiger partial charge in [0.1, 0.15) is 5.75 Å². The van der Waals surface area contributed by atoms with Gasteiger partial charge in [-0.15, -0.1) is 0 Å². The molecule has 8 heteroatoms. The third-order valence-corrected chi connectivity index (χ3v) is 6.78. The zero-order valence-electron chi connectivity index (χ0n) is 16.6. The van der Waals surface area contributed by atoms with Crippen molar-refractivity contribution in [1.82, 2.24) is 5.32 Å². The quantitative estimate of drug-likeness (QED) is 0.780. The number of hydrogen-bond donors (Lipinski definition) is 1. The lowest BCUT2D eigenvalue weighted by molar-refractivity contribution is -0.123. The molecule has 0 spiro atoms. The highest BCUT2D eigenvalue weighted by Crippen LogP contribution is 2.35. The largest absolute Gasteiger partial charge is 0.497 e. The number of anilines is 1. The number of rotatable bonds is 6. The molecule has 0 atom stereocenters. The summed E-state index contributed by atoms with van der Waals surface area (Å²) in [6.45, 7) is 3.61. The minimum Gasteiger partial charge on any atom is -0.497 e. The number of methoxy groups -OCH3 is 1. The summed E-state index contributed by atoms with van der Waals surface area (Å²) in [6.07, 6.45) is 0.621. The van der Waals surface area contributed by atoms with Crippen molar-refractivity contribution in [2.24, 2.45) is 5.41 Å². The van der Waals surface area contributed by atoms with E-state index in [-0.39, 0.29) is 17.3 Å². The second-order valence-electron chi connectivity index (χ2n) is 7.62. The topological polar surface area (TPSA) is 92.8 Å². The van der Waals surface area contributed by atoms with Crippen LogP contribution in [0.1, 0.15) is 29.8 Å². The minimum atomic E-state index is -3.76. The van der Waals surface area contributed by atoms with E-state index in [2.05, 4.69) is 5.32 Å². The van der Waals surface area contributed by atoms with Crippen molar-refractivity contribution < 1.29 is 22.7 Å². The predicted octanol–water partition coefficient (Wildman–Crippen LogP) is 2.37. The van der Waals surface area contributed by atoms with Gasteiger partial charge in [-0.3, -0.25) is 9.59 Å². The van der Waals surface area contributed by atoms with E-state index in [1.807, 2.05) is 24.3 Å². The summed E-state index contributed by atoms with van der Waals surface area (Å²) >= 11 is 0. The number of carbonyl (C=O) groups is 2. The summed E-state index contributed by atoms with van der Waals surface area (Å²) in [5, 5.41) is 2.82. The Morgan fingerprint density at radius 2 is 1.90 bits per heavy atom. The molecule has 3 rings (SSSR count). The zero-order valence-corrected chi connectivity index (χ0v) is 17.5. The van der Waals surface area contributed by atoms with Gasteiger partial charge in [-0.1, -0.05) is 18.2 Å². The molecule has 0 unspecified atom stereocenters. The lowest BCUT2D eigenvalue weighted by Crippen LogP contribution is -2.33. The molecule has 0 radical (unpaired) electrons. The van der Waals surface area contributed by atoms with E-state index in [1.54, 1.807) is 33.1 Å². The number of amides is 2. The first-order valence-electron chi connectivity index (χ1n) is 9.23. The average Bonchev–Trinajstić information content (AvgIpc) is 2.84. The molecule has 29 heavy (non-hydrogen) atoms. The maximum atomic E-state index is 12.5. The zero-order chi connectivity index (χ0) is 21.2. The van der Waals surface area contributed by atoms with Crippen molar-refractivity contribution in [2.75, 3.05) is 23.7 Å². The maximum absolute atomic E-state index is 12.5. The van der Waals surface area contributed by atoms with Crippen LogP contribution in [0.2, 0.25) is 0 Å². The molecule has 1 saturated heterocycles. The Kier molecular flexibility index (Phi) is 5.66. The summed E-state index contributed by atoms with van der Waals surface area (Å²) in [6, 6.07) is 13.7. The highest BCUT2D eigenvalue weighted by atomic mass is 32.2. The molecule has 2 aromatic carbocycles. The molecular weight excluding hydrogens is 392 g/mol. The second-order valence-corrected chi connectivity index (χ2v) is 9.44. The highest BCUT2D eigenvalue weighted by molar-refractivity contribution is 7.94. The molecule has 2 aromatic rings. The van der Waals surface area contributed by atoms with Crippen LogP contribution in [-0.4, -0.2) is 39.6 Å². The average molecular weight is 416 g/mol. The first-order chi connectivity index (χ1) is 13.6. The van der Waals surface area contributed by atoms with Gasteiger partial charge >= 0.3 is 0 Å². The van der Waals surface area contributed by atoms with Crippen molar-refractivity contribution in [3.63, 3.8) is 0 Å². The predicted molar refractivity (Wildman–Crippen MR) is 111 cm³/mol. The van der Waals surface area contributed by atoms with Crippen LogP contribution in [0, 0.1) is 5.41 Å². The Labute approximate surface area is 170 Å². The highest BCUT2D eigenvalue weighted by Gasteiger charge is 2.49. The Hall–Kier alpha value is -2.87. The summed E-state index contributed by atoms with van der Waals surface area (Å²) < 4.78 is 30.9. The molecular formula is C21H24N2O5S. The molecule has 2 amide bonds. The van der Waals surface area contributed by atoms with E-state index in [0.29, 0.717) is 18.5 Å². The van der Waals surface area contributed by atoms with Crippen LogP contribution in [0.4, 0.5) is 5.69 Å². The van der Waals surface area contributed by atoms with E-state index in [1.165, 1.54) is 12.1 Å². The molecule has 0 aliphatic carbocycles. The number of nitrogens with zero attached hydrogens (tertiary/aromatic N) is 1. The lowest BCUT2D eigenvalue weighted by atomic mass is 9.95. The van der Waals surface area contributed by atoms with Crippen LogP contribution in [-0.2, 0) is 21.2 Å². The standard InChI is InChI=1S/C21H24N2O5S/c1-21(2)14-29(26,27)23(20(21)25)17-8-5-7-16(13-17)19(24)22-11-10-15-6-4-9-18(12-15)28-3/h4-9,12-13H,10-11,14H2,1-3H3,(H,22,24). The van der Waals surface area contributed by atoms with Crippen LogP contribution in [0.25, 0.3) is 0 Å². The molecule has 154 valence electrons. The van der Waals surface area contributed by atoms with Crippen molar-refractivity contribution in [2.45, 2.75) is 20.3 Å². The number of carbonyl (C=O) groups excluding carboxylic acids is 2. The summed E-state index contributed by atoms with van der Waals surface area (Å²) in [5.74, 6) is -0.331. The Balaban J connectivity index is 1.70. The number of benzene rings is 2. The molecule has 7 nitrogen and oxygen atoms in total. The number of ether oxygens (including phenoxy) is 1. The number of hydrogen-bond acceptors (Lipinski definition) is 5. The Bertz CT molecular complexity index is 1050. The minimum absolute atomic E-state index is 0.182. The van der Waals surface area contributed by atoms with Gasteiger partial charge in [0.05, 0.1) is 24.0 Å². The smallest absolute Gasteiger partial charge is 0.251 e. The summed E-state index contributed by atoms with van der Waals surface area (Å²) in [7, 11) is -2.16. The van der Waals surface area contributed by atoms with Crippen LogP contribution < -0.4 is 14.4 Å². The lowest BCUT2D eigenvalue weighted by Gasteiger charge is -2.18. The summed E-state index contributed by atoms with van der Waals surface area (Å²) in [4.78, 5) is 25.0. The van der Waals surface area contributed by atoms with E-state index in [0.717, 1.165) is 15.6 Å². The van der Waals surface area contributed by atoms with Gasteiger partial charge in [0.2, 0.25) is 15.9 Å². The Morgan fingerprint density at radius 3 is 2.55 bits per heavy atom. The van der Waals surface area contributed by atoms with Gasteiger partial charge in [-0.05, 0) is 56.2 Å². The van der Waals surface area contributed by atoms with Gasteiger partial charge in [-0.2, -0.15) is 0 Å². The Morgan fingerprint density at radius 1 is 1.17 bits per heavy atom. The van der Waals surface area contributed by atoms with Gasteiger partial charge in [-0.25, -0.2) is 12.7 Å². The fourth-order valence-electron chi connectivity index (χ4n) is 3.29. The first-order valence-corrected chi connectivity index (χ1v) is 10.8. The third kappa shape index (κ3) is 4.42. The normalized spacial score (nSPS) is 17.2. The number of nitrogens with one attached hydrogen (secondary N) is 1. The van der Waals surface area contributed by atoms with E-state index >= 15 is 0 Å². The van der Waals surface area contributed by atoms with E-state index in [9.17, 15) is 18.0 Å². The van der Waals surface area contributed by atoms with Crippen LogP contribution >= 0.6 is 0 Å². The van der Waals surface area contributed by atoms with Crippen molar-refractivity contribution in [1.29, 1.82) is 0 Å². The molecule has 1 aliphatic heterocycles. The third-order valence-electron chi connectivity index (χ3n) is 4.76. The van der Waals surface area contributed by atoms with Gasteiger partial charge in [0, 0.05) is 12.1 Å². The molecule has 0 saturated carbocycles. The molecule has 1 fully saturated rings. The second kappa shape index (κ2) is 7.87. The van der Waals surface area contributed by atoms with Crippen molar-refractivity contribution in [3.05, 3.63) is 59.7 Å². The molecule has 1 heterocycles. The monoisotopic (exact) mass is 416 g/mol. The van der Waals surface area contributed by atoms with E-state index in [4.69, 9.17) is 4.74 Å². The SMILES string of the molecule is COc1cccc(CCNC(=O)c2cccc(N3C(=O)C(C)(C)CS3(=O)=O)c2)c1. The molecule has 1 N–H and O–H groups in total. The van der Waals surface area contributed by atoms with Gasteiger partial charge in [0.15, 0.2) is 0 Å². The van der Waals surface area contributed by atoms with Crippen LogP contribution in [0.5, 0.6) is 5.75 Å². The van der Waals surface area contributed by atoms with Crippen LogP contribution in [0.15, 0.2) is 48.5 Å². The van der Waals surface area contributed by atoms with Gasteiger partial charge < -0.3 is 10.1 Å². The van der Waals surface area contributed by atoms with Crippen molar-refractivity contribution in [3.8, 4) is 5.75 Å². The molecule has 1 aliphatic rings. The summed E-state index contributed by atoms with van der Waals surface area (Å²) in [5.41, 5.74) is 0.504. The molecule has 0 bridgehead atoms. The van der Waals surface area contributed by atoms with Crippen molar-refractivity contribution >= 4 is 27.5 Å². The first kappa shape index (κ1) is 20.9. The van der Waals surface area contributed by atoms with Crippen LogP contribution in [0.3, 0.4) is 0 Å². The maximum Gasteiger partial charge on any atom is 0.251 e. The fourth-order valence-corrected chi connectivity index (χ4v) is 5.38. The number of sulfonamides is 1. The van der Waals surface area contributed by atoms with E-state index < -0.39 is 21.3 Å².